The predicted molar refractivity (Wildman–Crippen MR) is 64.1 cm³/mol. The van der Waals surface area contributed by atoms with Crippen molar-refractivity contribution < 1.29 is 38.1 Å². The van der Waals surface area contributed by atoms with E-state index < -0.39 is 42.5 Å². The molecule has 2 bridgehead atoms. The topological polar surface area (TPSA) is 97.4 Å². The van der Waals surface area contributed by atoms with Gasteiger partial charge in [0.1, 0.15) is 25.4 Å². The van der Waals surface area contributed by atoms with E-state index in [-0.39, 0.29) is 13.2 Å². The second kappa shape index (κ2) is 5.03. The lowest BCUT2D eigenvalue weighted by Gasteiger charge is -2.22. The zero-order chi connectivity index (χ0) is 15.1. The SMILES string of the molecule is CC(=O)OCC1=C(COC(C)=O)[C@H]2O[C@H]1[C@H]1OC(=O)O[C@@H]12. The Morgan fingerprint density at radius 1 is 0.952 bits per heavy atom. The van der Waals surface area contributed by atoms with E-state index in [1.165, 1.54) is 13.8 Å². The Bertz CT molecular complexity index is 492. The number of hydrogen-bond donors (Lipinski definition) is 0. The molecule has 3 aliphatic heterocycles. The van der Waals surface area contributed by atoms with Crippen LogP contribution < -0.4 is 0 Å². The van der Waals surface area contributed by atoms with Crippen molar-refractivity contribution in [2.45, 2.75) is 38.3 Å². The zero-order valence-electron chi connectivity index (χ0n) is 11.5. The number of esters is 2. The lowest BCUT2D eigenvalue weighted by molar-refractivity contribution is -0.141. The van der Waals surface area contributed by atoms with Crippen LogP contribution in [-0.2, 0) is 33.3 Å². The van der Waals surface area contributed by atoms with E-state index in [4.69, 9.17) is 23.7 Å². The van der Waals surface area contributed by atoms with Gasteiger partial charge in [-0.05, 0) is 0 Å². The largest absolute Gasteiger partial charge is 0.509 e. The summed E-state index contributed by atoms with van der Waals surface area (Å²) in [5.41, 5.74) is 1.33. The van der Waals surface area contributed by atoms with Crippen LogP contribution in [-0.4, -0.2) is 55.7 Å². The van der Waals surface area contributed by atoms with Crippen molar-refractivity contribution >= 4 is 18.1 Å². The van der Waals surface area contributed by atoms with Crippen molar-refractivity contribution in [3.05, 3.63) is 11.1 Å². The van der Waals surface area contributed by atoms with Crippen molar-refractivity contribution in [1.82, 2.24) is 0 Å². The lowest BCUT2D eigenvalue weighted by atomic mass is 9.88. The molecule has 0 saturated carbocycles. The minimum atomic E-state index is -0.746. The molecule has 3 heterocycles. The van der Waals surface area contributed by atoms with Gasteiger partial charge in [-0.3, -0.25) is 9.59 Å². The van der Waals surface area contributed by atoms with Crippen LogP contribution in [0.25, 0.3) is 0 Å². The van der Waals surface area contributed by atoms with Gasteiger partial charge in [-0.15, -0.1) is 0 Å². The summed E-state index contributed by atoms with van der Waals surface area (Å²) in [4.78, 5) is 33.2. The standard InChI is InChI=1S/C13H14O8/c1-5(14)17-3-7-8(4-18-6(2)15)10-12-11(9(7)19-10)20-13(16)21-12/h9-12H,3-4H2,1-2H3/t9-,10-,11-,12-/m1/s1. The van der Waals surface area contributed by atoms with Crippen molar-refractivity contribution in [3.63, 3.8) is 0 Å². The molecule has 0 amide bonds. The van der Waals surface area contributed by atoms with E-state index in [1.54, 1.807) is 0 Å². The molecule has 4 atom stereocenters. The van der Waals surface area contributed by atoms with Crippen LogP contribution in [0.5, 0.6) is 0 Å². The molecule has 21 heavy (non-hydrogen) atoms. The molecule has 0 aromatic heterocycles. The molecule has 8 heteroatoms. The van der Waals surface area contributed by atoms with E-state index in [1.807, 2.05) is 0 Å². The minimum absolute atomic E-state index is 0.00781. The van der Waals surface area contributed by atoms with E-state index in [0.29, 0.717) is 11.1 Å². The third-order valence-corrected chi connectivity index (χ3v) is 3.64. The van der Waals surface area contributed by atoms with Crippen molar-refractivity contribution in [3.8, 4) is 0 Å². The quantitative estimate of drug-likeness (QED) is 0.409. The molecule has 114 valence electrons. The van der Waals surface area contributed by atoms with Crippen LogP contribution in [0.15, 0.2) is 11.1 Å². The van der Waals surface area contributed by atoms with E-state index in [0.717, 1.165) is 0 Å². The Hall–Kier alpha value is -2.09. The fourth-order valence-corrected chi connectivity index (χ4v) is 2.80. The number of ether oxygens (including phenoxy) is 5. The minimum Gasteiger partial charge on any atom is -0.461 e. The maximum absolute atomic E-state index is 11.2. The van der Waals surface area contributed by atoms with Gasteiger partial charge in [-0.2, -0.15) is 0 Å². The Kier molecular flexibility index (Phi) is 3.32. The summed E-state index contributed by atoms with van der Waals surface area (Å²) in [5.74, 6) is -0.873. The van der Waals surface area contributed by atoms with Gasteiger partial charge in [0.05, 0.1) is 0 Å². The van der Waals surface area contributed by atoms with Crippen molar-refractivity contribution in [1.29, 1.82) is 0 Å². The van der Waals surface area contributed by atoms with E-state index in [9.17, 15) is 14.4 Å². The number of carbonyl (C=O) groups is 3. The van der Waals surface area contributed by atoms with E-state index >= 15 is 0 Å². The molecule has 0 aromatic carbocycles. The Balaban J connectivity index is 1.82. The van der Waals surface area contributed by atoms with E-state index in [2.05, 4.69) is 0 Å². The van der Waals surface area contributed by atoms with Gasteiger partial charge < -0.3 is 23.7 Å². The van der Waals surface area contributed by atoms with Crippen LogP contribution in [0.3, 0.4) is 0 Å². The molecule has 0 unspecified atom stereocenters. The van der Waals surface area contributed by atoms with Crippen molar-refractivity contribution in [2.75, 3.05) is 13.2 Å². The zero-order valence-corrected chi connectivity index (χ0v) is 11.5. The first-order valence-electron chi connectivity index (χ1n) is 6.48. The summed E-state index contributed by atoms with van der Waals surface area (Å²) in [6.07, 6.45) is -2.90. The third kappa shape index (κ3) is 2.35. The smallest absolute Gasteiger partial charge is 0.461 e. The second-order valence-corrected chi connectivity index (χ2v) is 5.00. The molecular weight excluding hydrogens is 284 g/mol. The Labute approximate surface area is 119 Å². The molecule has 0 N–H and O–H groups in total. The summed E-state index contributed by atoms with van der Waals surface area (Å²) in [6.45, 7) is 2.60. The average Bonchev–Trinajstić information content (AvgIpc) is 3.02. The highest BCUT2D eigenvalue weighted by molar-refractivity contribution is 5.67. The van der Waals surface area contributed by atoms with Crippen molar-refractivity contribution in [2.24, 2.45) is 0 Å². The van der Waals surface area contributed by atoms with Gasteiger partial charge in [-0.1, -0.05) is 0 Å². The number of hydrogen-bond acceptors (Lipinski definition) is 8. The second-order valence-electron chi connectivity index (χ2n) is 5.00. The van der Waals surface area contributed by atoms with Gasteiger partial charge >= 0.3 is 18.1 Å². The molecule has 0 spiro atoms. The Morgan fingerprint density at radius 2 is 1.38 bits per heavy atom. The molecule has 3 aliphatic rings. The summed E-state index contributed by atoms with van der Waals surface area (Å²) < 4.78 is 25.8. The van der Waals surface area contributed by atoms with Crippen LogP contribution in [0, 0.1) is 0 Å². The number of carbonyl (C=O) groups excluding carboxylic acids is 3. The van der Waals surface area contributed by atoms with Gasteiger partial charge in [0.25, 0.3) is 0 Å². The van der Waals surface area contributed by atoms with Gasteiger partial charge in [0, 0.05) is 25.0 Å². The summed E-state index contributed by atoms with van der Waals surface area (Å²) >= 11 is 0. The summed E-state index contributed by atoms with van der Waals surface area (Å²) in [6, 6.07) is 0. The third-order valence-electron chi connectivity index (χ3n) is 3.64. The maximum Gasteiger partial charge on any atom is 0.509 e. The normalized spacial score (nSPS) is 32.6. The fraction of sp³-hybridized carbons (Fsp3) is 0.615. The van der Waals surface area contributed by atoms with Crippen LogP contribution >= 0.6 is 0 Å². The molecular formula is C13H14O8. The molecule has 0 aromatic rings. The number of fused-ring (bicyclic) bond motifs is 5. The van der Waals surface area contributed by atoms with Crippen LogP contribution in [0.2, 0.25) is 0 Å². The molecule has 8 nitrogen and oxygen atoms in total. The Morgan fingerprint density at radius 3 is 1.76 bits per heavy atom. The summed E-state index contributed by atoms with van der Waals surface area (Å²) in [7, 11) is 0. The molecule has 0 aliphatic carbocycles. The number of rotatable bonds is 4. The first-order chi connectivity index (χ1) is 9.97. The summed E-state index contributed by atoms with van der Waals surface area (Å²) in [5, 5.41) is 0. The molecule has 2 saturated heterocycles. The molecule has 3 rings (SSSR count). The highest BCUT2D eigenvalue weighted by Gasteiger charge is 2.61. The molecule has 0 radical (unpaired) electrons. The first-order valence-corrected chi connectivity index (χ1v) is 6.48. The monoisotopic (exact) mass is 298 g/mol. The average molecular weight is 298 g/mol. The van der Waals surface area contributed by atoms with Crippen LogP contribution in [0.1, 0.15) is 13.8 Å². The van der Waals surface area contributed by atoms with Crippen LogP contribution in [0.4, 0.5) is 4.79 Å². The first kappa shape index (κ1) is 13.9. The predicted octanol–water partition coefficient (Wildman–Crippen LogP) is 0.0942. The highest BCUT2D eigenvalue weighted by atomic mass is 16.8. The fourth-order valence-electron chi connectivity index (χ4n) is 2.80. The maximum atomic E-state index is 11.2. The molecule has 2 fully saturated rings. The van der Waals surface area contributed by atoms with Gasteiger partial charge in [-0.25, -0.2) is 4.79 Å². The van der Waals surface area contributed by atoms with Gasteiger partial charge in [0.15, 0.2) is 12.2 Å². The lowest BCUT2D eigenvalue weighted by Crippen LogP contribution is -2.38. The van der Waals surface area contributed by atoms with Gasteiger partial charge in [0.2, 0.25) is 0 Å². The highest BCUT2D eigenvalue weighted by Crippen LogP contribution is 2.45.